The van der Waals surface area contributed by atoms with Crippen LogP contribution in [0.3, 0.4) is 0 Å². The van der Waals surface area contributed by atoms with E-state index in [9.17, 15) is 13.2 Å². The number of hydrogen-bond donors (Lipinski definition) is 3. The number of rotatable bonds is 5. The third kappa shape index (κ3) is 3.80. The molecule has 0 aliphatic rings. The van der Waals surface area contributed by atoms with Crippen LogP contribution in [-0.4, -0.2) is 39.1 Å². The summed E-state index contributed by atoms with van der Waals surface area (Å²) in [6, 6.07) is 5.54. The van der Waals surface area contributed by atoms with Crippen LogP contribution >= 0.6 is 0 Å². The van der Waals surface area contributed by atoms with Crippen molar-refractivity contribution >= 4 is 15.9 Å². The van der Waals surface area contributed by atoms with Gasteiger partial charge in [-0.05, 0) is 31.2 Å². The first-order valence-corrected chi connectivity index (χ1v) is 6.85. The van der Waals surface area contributed by atoms with Crippen molar-refractivity contribution in [2.75, 3.05) is 13.6 Å². The molecule has 0 aliphatic carbocycles. The second-order valence-electron chi connectivity index (χ2n) is 3.80. The summed E-state index contributed by atoms with van der Waals surface area (Å²) in [5.74, 6) is -0.282. The molecule has 100 valence electrons. The molecule has 0 fully saturated rings. The minimum Gasteiger partial charge on any atom is -0.392 e. The maximum Gasteiger partial charge on any atom is 0.251 e. The van der Waals surface area contributed by atoms with Crippen molar-refractivity contribution < 1.29 is 18.3 Å². The number of benzene rings is 1. The number of aliphatic hydroxyl groups is 1. The second-order valence-corrected chi connectivity index (χ2v) is 5.57. The number of sulfonamides is 1. The molecule has 1 unspecified atom stereocenters. The van der Waals surface area contributed by atoms with Crippen molar-refractivity contribution in [1.82, 2.24) is 10.0 Å². The Morgan fingerprint density at radius 2 is 1.89 bits per heavy atom. The van der Waals surface area contributed by atoms with E-state index in [1.165, 1.54) is 38.2 Å². The van der Waals surface area contributed by atoms with Crippen molar-refractivity contribution in [2.24, 2.45) is 0 Å². The molecule has 7 heteroatoms. The molecule has 0 saturated carbocycles. The van der Waals surface area contributed by atoms with Crippen LogP contribution < -0.4 is 10.0 Å². The van der Waals surface area contributed by atoms with Crippen LogP contribution in [-0.2, 0) is 10.0 Å². The van der Waals surface area contributed by atoms with E-state index >= 15 is 0 Å². The van der Waals surface area contributed by atoms with E-state index in [0.29, 0.717) is 5.56 Å². The normalized spacial score (nSPS) is 13.1. The lowest BCUT2D eigenvalue weighted by Crippen LogP contribution is -2.30. The molecule has 1 aromatic rings. The molecule has 6 nitrogen and oxygen atoms in total. The van der Waals surface area contributed by atoms with Crippen LogP contribution in [0.1, 0.15) is 17.3 Å². The molecule has 0 radical (unpaired) electrons. The fourth-order valence-corrected chi connectivity index (χ4v) is 2.37. The maximum absolute atomic E-state index is 11.8. The van der Waals surface area contributed by atoms with E-state index < -0.39 is 16.1 Å². The van der Waals surface area contributed by atoms with E-state index in [4.69, 9.17) is 5.11 Å². The first kappa shape index (κ1) is 14.6. The monoisotopic (exact) mass is 272 g/mol. The highest BCUT2D eigenvalue weighted by molar-refractivity contribution is 7.89. The molecule has 0 aromatic heterocycles. The van der Waals surface area contributed by atoms with Crippen LogP contribution in [0.4, 0.5) is 0 Å². The number of carbonyl (C=O) groups is 1. The lowest BCUT2D eigenvalue weighted by atomic mass is 10.2. The van der Waals surface area contributed by atoms with Gasteiger partial charge in [0.1, 0.15) is 0 Å². The Bertz CT molecular complexity index is 508. The van der Waals surface area contributed by atoms with Gasteiger partial charge in [-0.25, -0.2) is 13.1 Å². The Hall–Kier alpha value is -1.44. The van der Waals surface area contributed by atoms with Crippen LogP contribution in [0.5, 0.6) is 0 Å². The Morgan fingerprint density at radius 1 is 1.33 bits per heavy atom. The highest BCUT2D eigenvalue weighted by Gasteiger charge is 2.15. The highest BCUT2D eigenvalue weighted by atomic mass is 32.2. The van der Waals surface area contributed by atoms with Gasteiger partial charge in [-0.2, -0.15) is 0 Å². The fraction of sp³-hybridized carbons (Fsp3) is 0.364. The first-order valence-electron chi connectivity index (χ1n) is 5.36. The number of nitrogens with one attached hydrogen (secondary N) is 2. The number of carbonyl (C=O) groups excluding carboxylic acids is 1. The third-order valence-corrected chi connectivity index (χ3v) is 3.66. The standard InChI is InChI=1S/C11H16N2O4S/c1-8(14)7-13-18(16,17)10-5-3-9(4-6-10)11(15)12-2/h3-6,8,13-14H,7H2,1-2H3,(H,12,15). The molecular formula is C11H16N2O4S. The molecule has 0 heterocycles. The van der Waals surface area contributed by atoms with Crippen LogP contribution in [0, 0.1) is 0 Å². The predicted molar refractivity (Wildman–Crippen MR) is 66.7 cm³/mol. The summed E-state index contributed by atoms with van der Waals surface area (Å²) in [5.41, 5.74) is 0.381. The Kier molecular flexibility index (Phi) is 4.83. The van der Waals surface area contributed by atoms with Gasteiger partial charge in [0.2, 0.25) is 10.0 Å². The SMILES string of the molecule is CNC(=O)c1ccc(S(=O)(=O)NCC(C)O)cc1. The molecule has 18 heavy (non-hydrogen) atoms. The van der Waals surface area contributed by atoms with Crippen LogP contribution in [0.25, 0.3) is 0 Å². The van der Waals surface area contributed by atoms with Crippen molar-refractivity contribution in [3.63, 3.8) is 0 Å². The molecule has 1 atom stereocenters. The van der Waals surface area contributed by atoms with Gasteiger partial charge in [-0.3, -0.25) is 4.79 Å². The zero-order chi connectivity index (χ0) is 13.8. The topological polar surface area (TPSA) is 95.5 Å². The zero-order valence-electron chi connectivity index (χ0n) is 10.2. The quantitative estimate of drug-likeness (QED) is 0.686. The Labute approximate surface area is 106 Å². The van der Waals surface area contributed by atoms with Gasteiger partial charge in [0.25, 0.3) is 5.91 Å². The van der Waals surface area contributed by atoms with Gasteiger partial charge >= 0.3 is 0 Å². The Morgan fingerprint density at radius 3 is 2.33 bits per heavy atom. The summed E-state index contributed by atoms with van der Waals surface area (Å²) in [6.45, 7) is 1.43. The molecule has 1 amide bonds. The van der Waals surface area contributed by atoms with E-state index in [-0.39, 0.29) is 17.3 Å². The van der Waals surface area contributed by atoms with Gasteiger partial charge in [0.05, 0.1) is 11.0 Å². The maximum atomic E-state index is 11.8. The summed E-state index contributed by atoms with van der Waals surface area (Å²) < 4.78 is 25.8. The van der Waals surface area contributed by atoms with E-state index in [0.717, 1.165) is 0 Å². The molecule has 1 aromatic carbocycles. The van der Waals surface area contributed by atoms with Gasteiger partial charge in [0.15, 0.2) is 0 Å². The van der Waals surface area contributed by atoms with E-state index in [2.05, 4.69) is 10.0 Å². The van der Waals surface area contributed by atoms with Crippen LogP contribution in [0.2, 0.25) is 0 Å². The molecule has 3 N–H and O–H groups in total. The van der Waals surface area contributed by atoms with Gasteiger partial charge in [-0.1, -0.05) is 0 Å². The van der Waals surface area contributed by atoms with Gasteiger partial charge in [-0.15, -0.1) is 0 Å². The minimum absolute atomic E-state index is 0.0517. The number of amides is 1. The van der Waals surface area contributed by atoms with Crippen molar-refractivity contribution in [3.05, 3.63) is 29.8 Å². The third-order valence-electron chi connectivity index (χ3n) is 2.22. The van der Waals surface area contributed by atoms with Crippen LogP contribution in [0.15, 0.2) is 29.2 Å². The van der Waals surface area contributed by atoms with E-state index in [1.54, 1.807) is 0 Å². The highest BCUT2D eigenvalue weighted by Crippen LogP contribution is 2.10. The number of hydrogen-bond acceptors (Lipinski definition) is 4. The largest absolute Gasteiger partial charge is 0.392 e. The number of aliphatic hydroxyl groups excluding tert-OH is 1. The lowest BCUT2D eigenvalue weighted by Gasteiger charge is -2.08. The molecular weight excluding hydrogens is 256 g/mol. The van der Waals surface area contributed by atoms with Crippen molar-refractivity contribution in [2.45, 2.75) is 17.9 Å². The first-order chi connectivity index (χ1) is 8.36. The molecule has 0 saturated heterocycles. The summed E-state index contributed by atoms with van der Waals surface area (Å²) in [4.78, 5) is 11.3. The summed E-state index contributed by atoms with van der Waals surface area (Å²) in [7, 11) is -2.15. The molecule has 0 bridgehead atoms. The minimum atomic E-state index is -3.65. The van der Waals surface area contributed by atoms with Gasteiger partial charge in [0, 0.05) is 19.2 Å². The van der Waals surface area contributed by atoms with Gasteiger partial charge < -0.3 is 10.4 Å². The zero-order valence-corrected chi connectivity index (χ0v) is 11.0. The molecule has 0 aliphatic heterocycles. The smallest absolute Gasteiger partial charge is 0.251 e. The average Bonchev–Trinajstić information content (AvgIpc) is 2.36. The van der Waals surface area contributed by atoms with Crippen molar-refractivity contribution in [1.29, 1.82) is 0 Å². The lowest BCUT2D eigenvalue weighted by molar-refractivity contribution is 0.0963. The average molecular weight is 272 g/mol. The second kappa shape index (κ2) is 5.94. The summed E-state index contributed by atoms with van der Waals surface area (Å²) in [6.07, 6.45) is -0.759. The fourth-order valence-electron chi connectivity index (χ4n) is 1.24. The molecule has 1 rings (SSSR count). The summed E-state index contributed by atoms with van der Waals surface area (Å²) in [5, 5.41) is 11.5. The predicted octanol–water partition coefficient (Wildman–Crippen LogP) is -0.295. The Balaban J connectivity index is 2.87. The molecule has 0 spiro atoms. The summed E-state index contributed by atoms with van der Waals surface area (Å²) >= 11 is 0. The van der Waals surface area contributed by atoms with E-state index in [1.807, 2.05) is 0 Å². The van der Waals surface area contributed by atoms with Crippen molar-refractivity contribution in [3.8, 4) is 0 Å².